The van der Waals surface area contributed by atoms with Crippen LogP contribution in [0.15, 0.2) is 60.7 Å². The van der Waals surface area contributed by atoms with Crippen molar-refractivity contribution >= 4 is 17.9 Å². The Morgan fingerprint density at radius 2 is 1.79 bits per heavy atom. The largest absolute Gasteiger partial charge is 0.378 e. The van der Waals surface area contributed by atoms with Crippen LogP contribution in [-0.2, 0) is 16.0 Å². The van der Waals surface area contributed by atoms with E-state index in [-0.39, 0.29) is 11.5 Å². The van der Waals surface area contributed by atoms with Gasteiger partial charge in [0.25, 0.3) is 0 Å². The van der Waals surface area contributed by atoms with E-state index in [1.54, 1.807) is 11.0 Å². The average molecular weight is 442 g/mol. The number of primary amides is 1. The molecule has 33 heavy (non-hydrogen) atoms. The van der Waals surface area contributed by atoms with Crippen LogP contribution in [0, 0.1) is 5.82 Å². The summed E-state index contributed by atoms with van der Waals surface area (Å²) in [6.45, 7) is 2.24. The third kappa shape index (κ3) is 3.94. The van der Waals surface area contributed by atoms with Crippen molar-refractivity contribution in [3.05, 3.63) is 88.7 Å². The number of morpholine rings is 1. The summed E-state index contributed by atoms with van der Waals surface area (Å²) in [5, 5.41) is 0. The minimum atomic E-state index is -0.636. The van der Waals surface area contributed by atoms with Crippen LogP contribution < -0.4 is 5.73 Å². The topological polar surface area (TPSA) is 72.6 Å². The molecule has 0 aromatic heterocycles. The fourth-order valence-electron chi connectivity index (χ4n) is 4.64. The fourth-order valence-corrected chi connectivity index (χ4v) is 4.64. The van der Waals surface area contributed by atoms with Gasteiger partial charge >= 0.3 is 0 Å². The molecule has 0 bridgehead atoms. The quantitative estimate of drug-likeness (QED) is 0.485. The van der Waals surface area contributed by atoms with Crippen molar-refractivity contribution in [2.24, 2.45) is 5.73 Å². The maximum Gasteiger partial charge on any atom is 0.249 e. The molecule has 0 radical (unpaired) electrons. The van der Waals surface area contributed by atoms with Crippen LogP contribution in [0.5, 0.6) is 0 Å². The van der Waals surface area contributed by atoms with Crippen LogP contribution in [-0.4, -0.2) is 43.0 Å². The molecule has 5 nitrogen and oxygen atoms in total. The zero-order valence-electron chi connectivity index (χ0n) is 18.0. The SMILES string of the molecule is NC(=O)c1cc(F)c(-c2cccc(/C=C/C(=O)N3CCOCC3)c2)c2c1Cc1ccccc1-2. The predicted octanol–water partition coefficient (Wildman–Crippen LogP) is 4.03. The second kappa shape index (κ2) is 8.64. The van der Waals surface area contributed by atoms with Gasteiger partial charge in [-0.3, -0.25) is 9.59 Å². The molecule has 1 heterocycles. The Bertz CT molecular complexity index is 1290. The lowest BCUT2D eigenvalue weighted by atomic mass is 9.90. The molecule has 6 heteroatoms. The van der Waals surface area contributed by atoms with Gasteiger partial charge in [0.1, 0.15) is 5.82 Å². The van der Waals surface area contributed by atoms with Gasteiger partial charge in [-0.2, -0.15) is 0 Å². The molecule has 1 fully saturated rings. The first-order valence-electron chi connectivity index (χ1n) is 10.9. The number of amides is 2. The first-order chi connectivity index (χ1) is 16.0. The van der Waals surface area contributed by atoms with Crippen LogP contribution in [0.4, 0.5) is 4.39 Å². The third-order valence-electron chi connectivity index (χ3n) is 6.22. The standard InChI is InChI=1S/C27H23FN2O3/c28-23-16-22(27(29)32)21-15-18-5-1-2-7-20(18)26(21)25(23)19-6-3-4-17(14-19)8-9-24(31)30-10-12-33-13-11-30/h1-9,14,16H,10-13,15H2,(H2,29,32)/b9-8+. The predicted molar refractivity (Wildman–Crippen MR) is 125 cm³/mol. The molecule has 2 amide bonds. The summed E-state index contributed by atoms with van der Waals surface area (Å²) in [4.78, 5) is 26.2. The van der Waals surface area contributed by atoms with E-state index in [1.165, 1.54) is 12.1 Å². The molecule has 2 N–H and O–H groups in total. The highest BCUT2D eigenvalue weighted by Crippen LogP contribution is 2.45. The molecule has 0 spiro atoms. The molecule has 0 saturated carbocycles. The van der Waals surface area contributed by atoms with Gasteiger partial charge in [0.2, 0.25) is 11.8 Å². The van der Waals surface area contributed by atoms with Crippen molar-refractivity contribution in [2.75, 3.05) is 26.3 Å². The monoisotopic (exact) mass is 442 g/mol. The van der Waals surface area contributed by atoms with Crippen LogP contribution in [0.2, 0.25) is 0 Å². The summed E-state index contributed by atoms with van der Waals surface area (Å²) >= 11 is 0. The second-order valence-corrected chi connectivity index (χ2v) is 8.23. The smallest absolute Gasteiger partial charge is 0.249 e. The Hall–Kier alpha value is -3.77. The summed E-state index contributed by atoms with van der Waals surface area (Å²) in [5.74, 6) is -1.21. The molecule has 2 aliphatic rings. The lowest BCUT2D eigenvalue weighted by Crippen LogP contribution is -2.39. The first-order valence-corrected chi connectivity index (χ1v) is 10.9. The number of hydrogen-bond donors (Lipinski definition) is 1. The van der Waals surface area contributed by atoms with Gasteiger partial charge in [0, 0.05) is 30.3 Å². The summed E-state index contributed by atoms with van der Waals surface area (Å²) in [6, 6.07) is 16.4. The van der Waals surface area contributed by atoms with E-state index < -0.39 is 11.7 Å². The zero-order valence-corrected chi connectivity index (χ0v) is 18.0. The Morgan fingerprint density at radius 1 is 1.00 bits per heavy atom. The minimum absolute atomic E-state index is 0.0736. The third-order valence-corrected chi connectivity index (χ3v) is 6.22. The normalized spacial score (nSPS) is 14.9. The van der Waals surface area contributed by atoms with Gasteiger partial charge in [-0.1, -0.05) is 42.5 Å². The van der Waals surface area contributed by atoms with Crippen LogP contribution >= 0.6 is 0 Å². The van der Waals surface area contributed by atoms with Crippen LogP contribution in [0.3, 0.4) is 0 Å². The summed E-state index contributed by atoms with van der Waals surface area (Å²) in [6.07, 6.45) is 3.81. The van der Waals surface area contributed by atoms with Gasteiger partial charge in [0.15, 0.2) is 0 Å². The molecule has 0 unspecified atom stereocenters. The molecular weight excluding hydrogens is 419 g/mol. The number of nitrogens with two attached hydrogens (primary N) is 1. The van der Waals surface area contributed by atoms with E-state index in [9.17, 15) is 9.59 Å². The van der Waals surface area contributed by atoms with Gasteiger partial charge in [-0.15, -0.1) is 0 Å². The van der Waals surface area contributed by atoms with Crippen molar-refractivity contribution in [3.63, 3.8) is 0 Å². The van der Waals surface area contributed by atoms with Gasteiger partial charge in [-0.05, 0) is 58.0 Å². The molecular formula is C27H23FN2O3. The first kappa shape index (κ1) is 21.1. The highest BCUT2D eigenvalue weighted by Gasteiger charge is 2.29. The summed E-state index contributed by atoms with van der Waals surface area (Å²) in [5.41, 5.74) is 11.1. The van der Waals surface area contributed by atoms with E-state index in [2.05, 4.69) is 0 Å². The summed E-state index contributed by atoms with van der Waals surface area (Å²) < 4.78 is 20.7. The molecule has 166 valence electrons. The van der Waals surface area contributed by atoms with Gasteiger partial charge in [0.05, 0.1) is 13.2 Å². The van der Waals surface area contributed by atoms with Crippen LogP contribution in [0.25, 0.3) is 28.3 Å². The minimum Gasteiger partial charge on any atom is -0.378 e. The number of nitrogens with zero attached hydrogens (tertiary/aromatic N) is 1. The molecule has 0 atom stereocenters. The van der Waals surface area contributed by atoms with Crippen LogP contribution in [0.1, 0.15) is 27.0 Å². The van der Waals surface area contributed by atoms with Crippen molar-refractivity contribution in [3.8, 4) is 22.3 Å². The average Bonchev–Trinajstić information content (AvgIpc) is 3.22. The van der Waals surface area contributed by atoms with Gasteiger partial charge in [-0.25, -0.2) is 4.39 Å². The van der Waals surface area contributed by atoms with Crippen molar-refractivity contribution in [1.82, 2.24) is 4.90 Å². The highest BCUT2D eigenvalue weighted by atomic mass is 19.1. The van der Waals surface area contributed by atoms with Crippen molar-refractivity contribution in [1.29, 1.82) is 0 Å². The number of fused-ring (bicyclic) bond motifs is 3. The molecule has 1 aliphatic carbocycles. The maximum atomic E-state index is 15.4. The Labute approximate surface area is 191 Å². The van der Waals surface area contributed by atoms with E-state index in [0.717, 1.165) is 22.3 Å². The lowest BCUT2D eigenvalue weighted by Gasteiger charge is -2.25. The number of ether oxygens (including phenoxy) is 1. The van der Waals surface area contributed by atoms with E-state index in [0.29, 0.717) is 49.4 Å². The number of halogens is 1. The molecule has 5 rings (SSSR count). The Balaban J connectivity index is 1.56. The lowest BCUT2D eigenvalue weighted by molar-refractivity contribution is -0.129. The second-order valence-electron chi connectivity index (χ2n) is 8.23. The number of benzene rings is 3. The van der Waals surface area contributed by atoms with E-state index >= 15 is 4.39 Å². The number of carbonyl (C=O) groups is 2. The van der Waals surface area contributed by atoms with E-state index in [4.69, 9.17) is 10.5 Å². The Kier molecular flexibility index (Phi) is 5.52. The van der Waals surface area contributed by atoms with Crippen molar-refractivity contribution < 1.29 is 18.7 Å². The molecule has 1 aliphatic heterocycles. The molecule has 1 saturated heterocycles. The molecule has 3 aromatic carbocycles. The van der Waals surface area contributed by atoms with E-state index in [1.807, 2.05) is 48.5 Å². The molecule has 3 aromatic rings. The number of rotatable bonds is 4. The van der Waals surface area contributed by atoms with Crippen molar-refractivity contribution in [2.45, 2.75) is 6.42 Å². The number of carbonyl (C=O) groups excluding carboxylic acids is 2. The Morgan fingerprint density at radius 3 is 2.58 bits per heavy atom. The number of hydrogen-bond acceptors (Lipinski definition) is 3. The fraction of sp³-hybridized carbons (Fsp3) is 0.185. The summed E-state index contributed by atoms with van der Waals surface area (Å²) in [7, 11) is 0. The zero-order chi connectivity index (χ0) is 22.9. The van der Waals surface area contributed by atoms with Gasteiger partial charge < -0.3 is 15.4 Å². The maximum absolute atomic E-state index is 15.4. The highest BCUT2D eigenvalue weighted by molar-refractivity contribution is 6.02.